The summed E-state index contributed by atoms with van der Waals surface area (Å²) in [6.45, 7) is 5.52. The summed E-state index contributed by atoms with van der Waals surface area (Å²) in [5.74, 6) is -2.61. The van der Waals surface area contributed by atoms with E-state index in [4.69, 9.17) is 28.4 Å². The standard InChI is InChI=1S/C32H58O10.2Na/c1-3-5-7-9-11-13-15-17-19-37-23-29(41-27-31(33)34)25-39-21-22-40-26-30(42-28-32(35)36)24-38-20-18-16-14-12-10-8-6-4-2;;/h11-14,29-30H,3-10,15-28H2,1-2H3,(H,33,34)(H,35,36);;/q;2*+1/p-2/b13-11+,14-12+;;. The van der Waals surface area contributed by atoms with Crippen LogP contribution in [0.5, 0.6) is 0 Å². The van der Waals surface area contributed by atoms with Crippen molar-refractivity contribution in [1.82, 2.24) is 0 Å². The molecule has 0 saturated carbocycles. The molecule has 0 fully saturated rings. The van der Waals surface area contributed by atoms with E-state index in [1.54, 1.807) is 0 Å². The van der Waals surface area contributed by atoms with Crippen LogP contribution in [0.25, 0.3) is 0 Å². The van der Waals surface area contributed by atoms with Crippen LogP contribution in [0.15, 0.2) is 24.3 Å². The second kappa shape index (κ2) is 39.4. The van der Waals surface area contributed by atoms with E-state index < -0.39 is 37.4 Å². The van der Waals surface area contributed by atoms with Gasteiger partial charge >= 0.3 is 59.1 Å². The fourth-order valence-electron chi connectivity index (χ4n) is 3.74. The average molecular weight is 647 g/mol. The number of allylic oxidation sites excluding steroid dienone is 4. The SMILES string of the molecule is CCCCC/C=C/CCCOCC(COCCOCC(COCCC/C=C/CCCCC)OCC(=O)[O-])OCC(=O)[O-].[Na+].[Na+]. The molecule has 0 radical (unpaired) electrons. The third kappa shape index (κ3) is 38.4. The van der Waals surface area contributed by atoms with Gasteiger partial charge < -0.3 is 48.2 Å². The Hall–Kier alpha value is 0.180. The number of unbranched alkanes of at least 4 members (excludes halogenated alkanes) is 8. The van der Waals surface area contributed by atoms with Crippen molar-refractivity contribution in [1.29, 1.82) is 0 Å². The molecule has 0 amide bonds. The van der Waals surface area contributed by atoms with E-state index in [-0.39, 0.29) is 98.8 Å². The molecule has 12 heteroatoms. The zero-order chi connectivity index (χ0) is 30.9. The molecular formula is C32H56Na2O10. The van der Waals surface area contributed by atoms with Crippen LogP contribution in [0.4, 0.5) is 0 Å². The Kier molecular flexibility index (Phi) is 43.5. The Morgan fingerprint density at radius 3 is 1.16 bits per heavy atom. The average Bonchev–Trinajstić information content (AvgIpc) is 2.97. The number of carboxylic acids is 2. The Morgan fingerprint density at radius 1 is 0.523 bits per heavy atom. The van der Waals surface area contributed by atoms with E-state index in [0.29, 0.717) is 13.2 Å². The molecule has 0 aliphatic rings. The van der Waals surface area contributed by atoms with E-state index in [2.05, 4.69) is 38.2 Å². The van der Waals surface area contributed by atoms with Crippen LogP contribution in [-0.2, 0) is 38.0 Å². The molecule has 0 saturated heterocycles. The van der Waals surface area contributed by atoms with Gasteiger partial charge in [0.15, 0.2) is 0 Å². The number of carbonyl (C=O) groups is 2. The quantitative estimate of drug-likeness (QED) is 0.0417. The molecule has 0 aromatic carbocycles. The molecule has 0 aliphatic carbocycles. The molecule has 246 valence electrons. The Bertz CT molecular complexity index is 623. The van der Waals surface area contributed by atoms with Gasteiger partial charge in [0.05, 0.1) is 64.8 Å². The van der Waals surface area contributed by atoms with Crippen molar-refractivity contribution in [2.24, 2.45) is 0 Å². The normalized spacial score (nSPS) is 12.7. The van der Waals surface area contributed by atoms with Crippen molar-refractivity contribution in [2.45, 2.75) is 103 Å². The van der Waals surface area contributed by atoms with Crippen LogP contribution in [0.1, 0.15) is 90.9 Å². The van der Waals surface area contributed by atoms with Crippen LogP contribution < -0.4 is 69.3 Å². The van der Waals surface area contributed by atoms with Gasteiger partial charge in [-0.3, -0.25) is 0 Å². The summed E-state index contributed by atoms with van der Waals surface area (Å²) >= 11 is 0. The predicted octanol–water partition coefficient (Wildman–Crippen LogP) is -2.84. The summed E-state index contributed by atoms with van der Waals surface area (Å²) in [6, 6.07) is 0. The summed E-state index contributed by atoms with van der Waals surface area (Å²) < 4.78 is 33.1. The molecule has 0 spiro atoms. The molecule has 0 rings (SSSR count). The van der Waals surface area contributed by atoms with Crippen molar-refractivity contribution in [2.75, 3.05) is 66.1 Å². The first-order valence-electron chi connectivity index (χ1n) is 15.7. The largest absolute Gasteiger partial charge is 1.00 e. The van der Waals surface area contributed by atoms with Crippen LogP contribution in [0.2, 0.25) is 0 Å². The number of carbonyl (C=O) groups excluding carboxylic acids is 2. The zero-order valence-corrected chi connectivity index (χ0v) is 32.1. The Balaban J connectivity index is -0.00000840. The minimum absolute atomic E-state index is 0. The first-order valence-corrected chi connectivity index (χ1v) is 15.7. The predicted molar refractivity (Wildman–Crippen MR) is 158 cm³/mol. The summed E-state index contributed by atoms with van der Waals surface area (Å²) in [5, 5.41) is 21.6. The van der Waals surface area contributed by atoms with Crippen LogP contribution in [0.3, 0.4) is 0 Å². The van der Waals surface area contributed by atoms with Gasteiger partial charge in [-0.1, -0.05) is 63.8 Å². The van der Waals surface area contributed by atoms with Crippen LogP contribution in [0, 0.1) is 0 Å². The first-order chi connectivity index (χ1) is 20.5. The summed E-state index contributed by atoms with van der Waals surface area (Å²) in [6.07, 6.45) is 20.8. The Labute approximate surface area is 310 Å². The van der Waals surface area contributed by atoms with Gasteiger partial charge in [-0.05, 0) is 51.4 Å². The zero-order valence-electron chi connectivity index (χ0n) is 28.1. The number of ether oxygens (including phenoxy) is 6. The van der Waals surface area contributed by atoms with Gasteiger partial charge in [0, 0.05) is 13.2 Å². The minimum Gasteiger partial charge on any atom is -0.548 e. The molecule has 44 heavy (non-hydrogen) atoms. The summed E-state index contributed by atoms with van der Waals surface area (Å²) in [7, 11) is 0. The van der Waals surface area contributed by atoms with Crippen molar-refractivity contribution in [3.63, 3.8) is 0 Å². The number of hydrogen-bond donors (Lipinski definition) is 0. The Morgan fingerprint density at radius 2 is 0.841 bits per heavy atom. The van der Waals surface area contributed by atoms with E-state index in [9.17, 15) is 19.8 Å². The van der Waals surface area contributed by atoms with Crippen molar-refractivity contribution in [3.8, 4) is 0 Å². The fourth-order valence-corrected chi connectivity index (χ4v) is 3.74. The molecule has 2 atom stereocenters. The van der Waals surface area contributed by atoms with Crippen LogP contribution in [-0.4, -0.2) is 90.2 Å². The van der Waals surface area contributed by atoms with E-state index in [0.717, 1.165) is 38.5 Å². The number of aliphatic carboxylic acids is 2. The summed E-state index contributed by atoms with van der Waals surface area (Å²) in [5.41, 5.74) is 0. The molecule has 0 bridgehead atoms. The maximum Gasteiger partial charge on any atom is 1.00 e. The van der Waals surface area contributed by atoms with Crippen molar-refractivity contribution >= 4 is 11.9 Å². The van der Waals surface area contributed by atoms with Gasteiger partial charge in [0.2, 0.25) is 0 Å². The monoisotopic (exact) mass is 646 g/mol. The molecule has 10 nitrogen and oxygen atoms in total. The number of hydrogen-bond acceptors (Lipinski definition) is 10. The van der Waals surface area contributed by atoms with E-state index >= 15 is 0 Å². The minimum atomic E-state index is -1.31. The molecule has 2 unspecified atom stereocenters. The molecule has 0 aromatic rings. The molecule has 0 aliphatic heterocycles. The third-order valence-electron chi connectivity index (χ3n) is 6.06. The maximum atomic E-state index is 10.8. The van der Waals surface area contributed by atoms with Gasteiger partial charge in [0.25, 0.3) is 0 Å². The topological polar surface area (TPSA) is 136 Å². The fraction of sp³-hybridized carbons (Fsp3) is 0.812. The number of carboxylic acid groups (broad SMARTS) is 2. The molecule has 0 aromatic heterocycles. The smallest absolute Gasteiger partial charge is 0.548 e. The summed E-state index contributed by atoms with van der Waals surface area (Å²) in [4.78, 5) is 21.6. The first kappa shape index (κ1) is 48.6. The number of rotatable bonds is 33. The molecule has 0 heterocycles. The van der Waals surface area contributed by atoms with Crippen molar-refractivity contribution in [3.05, 3.63) is 24.3 Å². The molecule has 0 N–H and O–H groups in total. The van der Waals surface area contributed by atoms with Crippen LogP contribution >= 0.6 is 0 Å². The van der Waals surface area contributed by atoms with Crippen molar-refractivity contribution < 1.29 is 107 Å². The van der Waals surface area contributed by atoms with E-state index in [1.165, 1.54) is 38.5 Å². The maximum absolute atomic E-state index is 10.8. The molecular weight excluding hydrogens is 590 g/mol. The van der Waals surface area contributed by atoms with E-state index in [1.807, 2.05) is 0 Å². The van der Waals surface area contributed by atoms with Gasteiger partial charge in [-0.2, -0.15) is 0 Å². The van der Waals surface area contributed by atoms with Gasteiger partial charge in [-0.15, -0.1) is 0 Å². The van der Waals surface area contributed by atoms with Gasteiger partial charge in [0.1, 0.15) is 12.2 Å². The second-order valence-electron chi connectivity index (χ2n) is 10.1. The third-order valence-corrected chi connectivity index (χ3v) is 6.06. The second-order valence-corrected chi connectivity index (χ2v) is 10.1. The van der Waals surface area contributed by atoms with Gasteiger partial charge in [-0.25, -0.2) is 0 Å².